The second-order valence-corrected chi connectivity index (χ2v) is 6.54. The number of rotatable bonds is 7. The van der Waals surface area contributed by atoms with Crippen LogP contribution in [0.15, 0.2) is 84.9 Å². The van der Waals surface area contributed by atoms with Crippen molar-refractivity contribution in [1.29, 1.82) is 0 Å². The summed E-state index contributed by atoms with van der Waals surface area (Å²) < 4.78 is 5.23. The van der Waals surface area contributed by atoms with Gasteiger partial charge in [0.1, 0.15) is 5.75 Å². The topological polar surface area (TPSA) is 38.3 Å². The SMILES string of the molecule is CC[C@H](NC(=O)/C(=C/c1ccccc1)c1ccccc1)c1ccc(OC)cc1. The van der Waals surface area contributed by atoms with Gasteiger partial charge in [0.2, 0.25) is 0 Å². The number of ether oxygens (including phenoxy) is 1. The van der Waals surface area contributed by atoms with Gasteiger partial charge in [0.05, 0.1) is 13.2 Å². The predicted octanol–water partition coefficient (Wildman–Crippen LogP) is 5.50. The van der Waals surface area contributed by atoms with Crippen LogP contribution in [0.1, 0.15) is 36.1 Å². The fourth-order valence-electron chi connectivity index (χ4n) is 3.11. The average Bonchev–Trinajstić information content (AvgIpc) is 2.77. The Morgan fingerprint density at radius 2 is 1.54 bits per heavy atom. The van der Waals surface area contributed by atoms with E-state index in [1.54, 1.807) is 7.11 Å². The van der Waals surface area contributed by atoms with Crippen molar-refractivity contribution in [2.75, 3.05) is 7.11 Å². The standard InChI is InChI=1S/C25H25NO2/c1-3-24(21-14-16-22(28-2)17-15-21)26-25(27)23(20-12-8-5-9-13-20)18-19-10-6-4-7-11-19/h4-18,24H,3H2,1-2H3,(H,26,27)/b23-18+/t24-/m0/s1. The molecule has 3 nitrogen and oxygen atoms in total. The highest BCUT2D eigenvalue weighted by molar-refractivity contribution is 6.24. The molecule has 0 radical (unpaired) electrons. The second-order valence-electron chi connectivity index (χ2n) is 6.54. The molecule has 28 heavy (non-hydrogen) atoms. The minimum Gasteiger partial charge on any atom is -0.497 e. The zero-order valence-corrected chi connectivity index (χ0v) is 16.3. The normalized spacial score (nSPS) is 12.3. The minimum absolute atomic E-state index is 0.0682. The molecule has 1 N–H and O–H groups in total. The molecular weight excluding hydrogens is 346 g/mol. The summed E-state index contributed by atoms with van der Waals surface area (Å²) in [5.41, 5.74) is 3.60. The van der Waals surface area contributed by atoms with Crippen molar-refractivity contribution in [2.45, 2.75) is 19.4 Å². The molecule has 3 rings (SSSR count). The van der Waals surface area contributed by atoms with Gasteiger partial charge in [0.25, 0.3) is 5.91 Å². The number of carbonyl (C=O) groups is 1. The molecule has 0 aliphatic rings. The maximum absolute atomic E-state index is 13.2. The Kier molecular flexibility index (Phi) is 6.64. The number of hydrogen-bond acceptors (Lipinski definition) is 2. The Bertz CT molecular complexity index is 916. The summed E-state index contributed by atoms with van der Waals surface area (Å²) in [4.78, 5) is 13.2. The smallest absolute Gasteiger partial charge is 0.252 e. The van der Waals surface area contributed by atoms with Gasteiger partial charge in [-0.05, 0) is 41.3 Å². The van der Waals surface area contributed by atoms with Crippen molar-refractivity contribution in [3.8, 4) is 5.75 Å². The summed E-state index contributed by atoms with van der Waals surface area (Å²) in [6.45, 7) is 2.07. The van der Waals surface area contributed by atoms with E-state index >= 15 is 0 Å². The summed E-state index contributed by atoms with van der Waals surface area (Å²) in [6.07, 6.45) is 2.73. The van der Waals surface area contributed by atoms with Crippen molar-refractivity contribution in [1.82, 2.24) is 5.32 Å². The Morgan fingerprint density at radius 1 is 0.929 bits per heavy atom. The molecule has 0 saturated carbocycles. The first kappa shape index (κ1) is 19.4. The first-order valence-electron chi connectivity index (χ1n) is 9.48. The van der Waals surface area contributed by atoms with E-state index in [0.29, 0.717) is 5.57 Å². The summed E-state index contributed by atoms with van der Waals surface area (Å²) in [6, 6.07) is 27.4. The number of methoxy groups -OCH3 is 1. The molecule has 3 aromatic rings. The quantitative estimate of drug-likeness (QED) is 0.440. The van der Waals surface area contributed by atoms with Crippen molar-refractivity contribution in [2.24, 2.45) is 0 Å². The van der Waals surface area contributed by atoms with Crippen molar-refractivity contribution < 1.29 is 9.53 Å². The van der Waals surface area contributed by atoms with E-state index in [1.807, 2.05) is 91.0 Å². The monoisotopic (exact) mass is 371 g/mol. The molecule has 0 saturated heterocycles. The number of carbonyl (C=O) groups excluding carboxylic acids is 1. The van der Waals surface area contributed by atoms with Crippen LogP contribution in [0.25, 0.3) is 11.6 Å². The van der Waals surface area contributed by atoms with Gasteiger partial charge in [-0.3, -0.25) is 4.79 Å². The fourth-order valence-corrected chi connectivity index (χ4v) is 3.11. The summed E-state index contributed by atoms with van der Waals surface area (Å²) in [5, 5.41) is 3.19. The van der Waals surface area contributed by atoms with Gasteiger partial charge in [0.15, 0.2) is 0 Å². The molecule has 1 amide bonds. The lowest BCUT2D eigenvalue weighted by molar-refractivity contribution is -0.116. The van der Waals surface area contributed by atoms with Crippen LogP contribution in [-0.4, -0.2) is 13.0 Å². The molecule has 1 atom stereocenters. The lowest BCUT2D eigenvalue weighted by atomic mass is 9.99. The zero-order valence-electron chi connectivity index (χ0n) is 16.3. The van der Waals surface area contributed by atoms with Crippen LogP contribution < -0.4 is 10.1 Å². The van der Waals surface area contributed by atoms with Gasteiger partial charge in [-0.25, -0.2) is 0 Å². The van der Waals surface area contributed by atoms with Gasteiger partial charge < -0.3 is 10.1 Å². The third-order valence-electron chi connectivity index (χ3n) is 4.67. The molecular formula is C25H25NO2. The van der Waals surface area contributed by atoms with E-state index in [0.717, 1.165) is 28.9 Å². The molecule has 142 valence electrons. The van der Waals surface area contributed by atoms with Gasteiger partial charge in [-0.15, -0.1) is 0 Å². The highest BCUT2D eigenvalue weighted by atomic mass is 16.5. The van der Waals surface area contributed by atoms with Crippen LogP contribution in [0.4, 0.5) is 0 Å². The first-order chi connectivity index (χ1) is 13.7. The molecule has 0 aliphatic carbocycles. The second kappa shape index (κ2) is 9.56. The van der Waals surface area contributed by atoms with E-state index < -0.39 is 0 Å². The lowest BCUT2D eigenvalue weighted by Crippen LogP contribution is -2.28. The third kappa shape index (κ3) is 4.89. The van der Waals surface area contributed by atoms with E-state index in [9.17, 15) is 4.79 Å². The Morgan fingerprint density at radius 3 is 2.11 bits per heavy atom. The summed E-state index contributed by atoms with van der Waals surface area (Å²) >= 11 is 0. The number of amides is 1. The van der Waals surface area contributed by atoms with Crippen LogP contribution in [0.5, 0.6) is 5.75 Å². The maximum Gasteiger partial charge on any atom is 0.252 e. The van der Waals surface area contributed by atoms with E-state index in [-0.39, 0.29) is 11.9 Å². The van der Waals surface area contributed by atoms with E-state index in [1.165, 1.54) is 0 Å². The summed E-state index contributed by atoms with van der Waals surface area (Å²) in [5.74, 6) is 0.719. The Labute approximate surface area is 166 Å². The van der Waals surface area contributed by atoms with Crippen LogP contribution in [0, 0.1) is 0 Å². The highest BCUT2D eigenvalue weighted by Crippen LogP contribution is 2.23. The highest BCUT2D eigenvalue weighted by Gasteiger charge is 2.17. The molecule has 0 unspecified atom stereocenters. The Balaban J connectivity index is 1.89. The van der Waals surface area contributed by atoms with E-state index in [4.69, 9.17) is 4.74 Å². The molecule has 0 fully saturated rings. The molecule has 3 heteroatoms. The molecule has 0 aromatic heterocycles. The van der Waals surface area contributed by atoms with Crippen LogP contribution >= 0.6 is 0 Å². The minimum atomic E-state index is -0.0854. The average molecular weight is 371 g/mol. The number of hydrogen-bond donors (Lipinski definition) is 1. The van der Waals surface area contributed by atoms with Crippen molar-refractivity contribution in [3.05, 3.63) is 102 Å². The number of benzene rings is 3. The van der Waals surface area contributed by atoms with Gasteiger partial charge in [0, 0.05) is 5.57 Å². The molecule has 0 bridgehead atoms. The molecule has 0 heterocycles. The zero-order chi connectivity index (χ0) is 19.8. The van der Waals surface area contributed by atoms with Crippen LogP contribution in [0.3, 0.4) is 0 Å². The van der Waals surface area contributed by atoms with Crippen molar-refractivity contribution in [3.63, 3.8) is 0 Å². The van der Waals surface area contributed by atoms with Gasteiger partial charge >= 0.3 is 0 Å². The van der Waals surface area contributed by atoms with Crippen molar-refractivity contribution >= 4 is 17.6 Å². The fraction of sp³-hybridized carbons (Fsp3) is 0.160. The first-order valence-corrected chi connectivity index (χ1v) is 9.48. The lowest BCUT2D eigenvalue weighted by Gasteiger charge is -2.19. The maximum atomic E-state index is 13.2. The van der Waals surface area contributed by atoms with Gasteiger partial charge in [-0.1, -0.05) is 79.7 Å². The molecule has 0 aliphatic heterocycles. The predicted molar refractivity (Wildman–Crippen MR) is 115 cm³/mol. The molecule has 0 spiro atoms. The Hall–Kier alpha value is -3.33. The number of nitrogens with one attached hydrogen (secondary N) is 1. The largest absolute Gasteiger partial charge is 0.497 e. The van der Waals surface area contributed by atoms with E-state index in [2.05, 4.69) is 12.2 Å². The third-order valence-corrected chi connectivity index (χ3v) is 4.67. The summed E-state index contributed by atoms with van der Waals surface area (Å²) in [7, 11) is 1.65. The van der Waals surface area contributed by atoms with Crippen LogP contribution in [0.2, 0.25) is 0 Å². The van der Waals surface area contributed by atoms with Crippen LogP contribution in [-0.2, 0) is 4.79 Å². The van der Waals surface area contributed by atoms with Gasteiger partial charge in [-0.2, -0.15) is 0 Å². The molecule has 3 aromatic carbocycles.